The van der Waals surface area contributed by atoms with E-state index in [4.69, 9.17) is 0 Å². The van der Waals surface area contributed by atoms with Crippen LogP contribution in [-0.2, 0) is 16.1 Å². The zero-order valence-corrected chi connectivity index (χ0v) is 15.8. The third-order valence-corrected chi connectivity index (χ3v) is 5.33. The molecule has 1 N–H and O–H groups in total. The average molecular weight is 383 g/mol. The van der Waals surface area contributed by atoms with E-state index in [1.165, 1.54) is 10.9 Å². The molecule has 0 bridgehead atoms. The van der Waals surface area contributed by atoms with Crippen LogP contribution in [0.4, 0.5) is 0 Å². The number of nitrogens with zero attached hydrogens (tertiary/aromatic N) is 4. The van der Waals surface area contributed by atoms with Gasteiger partial charge in [-0.1, -0.05) is 12.1 Å². The smallest absolute Gasteiger partial charge is 0.261 e. The number of carbonyl (C=O) groups excluding carboxylic acids is 2. The second-order valence-corrected chi connectivity index (χ2v) is 7.51. The van der Waals surface area contributed by atoms with Crippen molar-refractivity contribution >= 4 is 22.7 Å². The third-order valence-electron chi connectivity index (χ3n) is 5.33. The van der Waals surface area contributed by atoms with E-state index in [1.54, 1.807) is 12.1 Å². The number of benzene rings is 1. The van der Waals surface area contributed by atoms with Gasteiger partial charge in [0.1, 0.15) is 0 Å². The lowest BCUT2D eigenvalue weighted by atomic mass is 10.2. The maximum Gasteiger partial charge on any atom is 0.261 e. The Morgan fingerprint density at radius 2 is 1.86 bits per heavy atom. The molecule has 8 nitrogen and oxygen atoms in total. The van der Waals surface area contributed by atoms with Crippen LogP contribution < -0.4 is 10.9 Å². The van der Waals surface area contributed by atoms with Gasteiger partial charge in [0.05, 0.1) is 23.8 Å². The van der Waals surface area contributed by atoms with Crippen molar-refractivity contribution in [3.05, 3.63) is 40.9 Å². The molecule has 28 heavy (non-hydrogen) atoms. The highest BCUT2D eigenvalue weighted by atomic mass is 16.2. The van der Waals surface area contributed by atoms with Gasteiger partial charge in [-0.05, 0) is 25.0 Å². The number of fused-ring (bicyclic) bond motifs is 1. The van der Waals surface area contributed by atoms with Gasteiger partial charge in [-0.2, -0.15) is 0 Å². The minimum atomic E-state index is -0.120. The Balaban J connectivity index is 1.26. The van der Waals surface area contributed by atoms with E-state index in [9.17, 15) is 14.4 Å². The summed E-state index contributed by atoms with van der Waals surface area (Å²) in [6, 6.07) is 7.59. The summed E-state index contributed by atoms with van der Waals surface area (Å²) in [6.07, 6.45) is 3.95. The highest BCUT2D eigenvalue weighted by Crippen LogP contribution is 2.18. The molecule has 1 aliphatic carbocycles. The van der Waals surface area contributed by atoms with Crippen LogP contribution in [-0.4, -0.2) is 69.9 Å². The van der Waals surface area contributed by atoms with E-state index in [0.29, 0.717) is 56.2 Å². The number of aryl methyl sites for hydroxylation is 1. The number of piperazine rings is 1. The third kappa shape index (κ3) is 4.39. The average Bonchev–Trinajstić information content (AvgIpc) is 3.52. The topological polar surface area (TPSA) is 87.5 Å². The van der Waals surface area contributed by atoms with Gasteiger partial charge in [0.2, 0.25) is 11.8 Å². The molecule has 8 heteroatoms. The number of rotatable bonds is 6. The van der Waals surface area contributed by atoms with Crippen LogP contribution in [0, 0.1) is 0 Å². The maximum absolute atomic E-state index is 12.5. The zero-order chi connectivity index (χ0) is 19.5. The number of amides is 2. The van der Waals surface area contributed by atoms with Crippen LogP contribution in [0.5, 0.6) is 0 Å². The van der Waals surface area contributed by atoms with Crippen LogP contribution in [0.25, 0.3) is 10.9 Å². The molecule has 0 atom stereocenters. The Bertz CT molecular complexity index is 929. The Hall–Kier alpha value is -2.74. The molecule has 1 aliphatic heterocycles. The molecule has 1 saturated heterocycles. The van der Waals surface area contributed by atoms with Crippen molar-refractivity contribution in [1.82, 2.24) is 24.7 Å². The summed E-state index contributed by atoms with van der Waals surface area (Å²) in [4.78, 5) is 45.1. The molecule has 2 heterocycles. The molecule has 1 aromatic carbocycles. The van der Waals surface area contributed by atoms with Gasteiger partial charge in [-0.15, -0.1) is 0 Å². The number of aromatic nitrogens is 2. The Labute approximate surface area is 163 Å². The number of nitrogens with one attached hydrogen (secondary N) is 1. The first-order chi connectivity index (χ1) is 13.6. The highest BCUT2D eigenvalue weighted by Gasteiger charge is 2.26. The lowest BCUT2D eigenvalue weighted by Crippen LogP contribution is -2.51. The molecule has 4 rings (SSSR count). The summed E-state index contributed by atoms with van der Waals surface area (Å²) in [6.45, 7) is 3.33. The first kappa shape index (κ1) is 18.6. The van der Waals surface area contributed by atoms with E-state index in [-0.39, 0.29) is 23.8 Å². The van der Waals surface area contributed by atoms with Gasteiger partial charge in [0.15, 0.2) is 0 Å². The molecule has 2 fully saturated rings. The molecule has 1 saturated carbocycles. The van der Waals surface area contributed by atoms with Gasteiger partial charge in [-0.3, -0.25) is 23.9 Å². The maximum atomic E-state index is 12.5. The van der Waals surface area contributed by atoms with Crippen LogP contribution in [0.1, 0.15) is 19.3 Å². The van der Waals surface area contributed by atoms with E-state index in [1.807, 2.05) is 17.0 Å². The molecule has 148 valence electrons. The number of hydrogen-bond donors (Lipinski definition) is 1. The Morgan fingerprint density at radius 1 is 1.11 bits per heavy atom. The first-order valence-corrected chi connectivity index (χ1v) is 9.84. The standard InChI is InChI=1S/C20H25N5O3/c26-18(22-15-5-6-15)13-23-9-11-24(12-10-23)19(27)7-8-25-14-21-17-4-2-1-3-16(17)20(25)28/h1-4,14-15H,5-13H2,(H,22,26). The zero-order valence-electron chi connectivity index (χ0n) is 15.8. The number of hydrogen-bond acceptors (Lipinski definition) is 5. The van der Waals surface area contributed by atoms with E-state index < -0.39 is 0 Å². The van der Waals surface area contributed by atoms with Crippen molar-refractivity contribution in [2.45, 2.75) is 31.8 Å². The lowest BCUT2D eigenvalue weighted by Gasteiger charge is -2.34. The van der Waals surface area contributed by atoms with Crippen molar-refractivity contribution < 1.29 is 9.59 Å². The fourth-order valence-electron chi connectivity index (χ4n) is 3.50. The summed E-state index contributed by atoms with van der Waals surface area (Å²) in [7, 11) is 0. The second-order valence-electron chi connectivity index (χ2n) is 7.51. The van der Waals surface area contributed by atoms with Crippen molar-refractivity contribution in [3.8, 4) is 0 Å². The van der Waals surface area contributed by atoms with Crippen LogP contribution in [0.15, 0.2) is 35.4 Å². The molecule has 1 aromatic heterocycles. The molecule has 2 aliphatic rings. The van der Waals surface area contributed by atoms with Crippen LogP contribution >= 0.6 is 0 Å². The van der Waals surface area contributed by atoms with E-state index in [0.717, 1.165) is 12.8 Å². The Kier molecular flexibility index (Phi) is 5.38. The summed E-state index contributed by atoms with van der Waals surface area (Å²) in [5.41, 5.74) is 0.543. The lowest BCUT2D eigenvalue weighted by molar-refractivity contribution is -0.133. The first-order valence-electron chi connectivity index (χ1n) is 9.84. The predicted octanol–water partition coefficient (Wildman–Crippen LogP) is 0.209. The fraction of sp³-hybridized carbons (Fsp3) is 0.500. The van der Waals surface area contributed by atoms with Crippen molar-refractivity contribution in [3.63, 3.8) is 0 Å². The van der Waals surface area contributed by atoms with Gasteiger partial charge in [-0.25, -0.2) is 4.98 Å². The highest BCUT2D eigenvalue weighted by molar-refractivity contribution is 5.79. The van der Waals surface area contributed by atoms with Crippen molar-refractivity contribution in [2.75, 3.05) is 32.7 Å². The molecular formula is C20H25N5O3. The van der Waals surface area contributed by atoms with E-state index in [2.05, 4.69) is 15.2 Å². The molecule has 0 spiro atoms. The number of carbonyl (C=O) groups is 2. The quantitative estimate of drug-likeness (QED) is 0.771. The molecule has 0 radical (unpaired) electrons. The summed E-state index contributed by atoms with van der Waals surface area (Å²) >= 11 is 0. The molecule has 2 aromatic rings. The Morgan fingerprint density at radius 3 is 2.61 bits per heavy atom. The fourth-order valence-corrected chi connectivity index (χ4v) is 3.50. The van der Waals surface area contributed by atoms with Gasteiger partial charge in [0.25, 0.3) is 5.56 Å². The van der Waals surface area contributed by atoms with Gasteiger partial charge in [0, 0.05) is 45.2 Å². The van der Waals surface area contributed by atoms with Crippen LogP contribution in [0.2, 0.25) is 0 Å². The van der Waals surface area contributed by atoms with Crippen molar-refractivity contribution in [2.24, 2.45) is 0 Å². The molecule has 0 unspecified atom stereocenters. The summed E-state index contributed by atoms with van der Waals surface area (Å²) in [5.74, 6) is 0.104. The summed E-state index contributed by atoms with van der Waals surface area (Å²) < 4.78 is 1.50. The normalized spacial score (nSPS) is 17.6. The molecular weight excluding hydrogens is 358 g/mol. The second kappa shape index (κ2) is 8.10. The largest absolute Gasteiger partial charge is 0.352 e. The monoisotopic (exact) mass is 383 g/mol. The number of para-hydroxylation sites is 1. The van der Waals surface area contributed by atoms with Gasteiger partial charge < -0.3 is 10.2 Å². The minimum Gasteiger partial charge on any atom is -0.352 e. The SMILES string of the molecule is O=C(CN1CCN(C(=O)CCn2cnc3ccccc3c2=O)CC1)NC1CC1. The van der Waals surface area contributed by atoms with Gasteiger partial charge >= 0.3 is 0 Å². The van der Waals surface area contributed by atoms with E-state index >= 15 is 0 Å². The minimum absolute atomic E-state index is 0.0298. The predicted molar refractivity (Wildman–Crippen MR) is 105 cm³/mol. The summed E-state index contributed by atoms with van der Waals surface area (Å²) in [5, 5.41) is 3.56. The van der Waals surface area contributed by atoms with Crippen LogP contribution in [0.3, 0.4) is 0 Å². The molecule has 2 amide bonds. The van der Waals surface area contributed by atoms with Crippen molar-refractivity contribution in [1.29, 1.82) is 0 Å².